The number of ether oxygens (including phenoxy) is 2. The van der Waals surface area contributed by atoms with Crippen LogP contribution in [0, 0.1) is 11.3 Å². The summed E-state index contributed by atoms with van der Waals surface area (Å²) in [6, 6.07) is 14.1. The Morgan fingerprint density at radius 3 is 2.04 bits per heavy atom. The summed E-state index contributed by atoms with van der Waals surface area (Å²) < 4.78 is 10.7. The van der Waals surface area contributed by atoms with Gasteiger partial charge in [0, 0.05) is 31.9 Å². The number of anilines is 1. The number of hydrogen-bond donors (Lipinski definition) is 0. The summed E-state index contributed by atoms with van der Waals surface area (Å²) in [7, 11) is 7.29. The zero-order chi connectivity index (χ0) is 20.4. The molecule has 0 aromatic heterocycles. The highest BCUT2D eigenvalue weighted by atomic mass is 16.5. The Balaban J connectivity index is 0.00000176. The minimum Gasteiger partial charge on any atom is -0.497 e. The molecule has 0 heterocycles. The highest BCUT2D eigenvalue weighted by Crippen LogP contribution is 2.33. The standard InChI is InChI=1S/C21H24N2O2.C2H6/c1-6-15-7-8-16(13-21(15)23(2)3)20(9-10-22)17-11-18(24-4)14-19(12-17)25-5;1-2/h7-9,11-14H,6H2,1-5H3;1-2H3/b20-9+;. The summed E-state index contributed by atoms with van der Waals surface area (Å²) in [5, 5.41) is 9.29. The fraction of sp³-hybridized carbons (Fsp3) is 0.348. The normalized spacial score (nSPS) is 10.4. The first-order chi connectivity index (χ1) is 13.0. The highest BCUT2D eigenvalue weighted by molar-refractivity contribution is 5.84. The first kappa shape index (κ1) is 22.1. The molecular formula is C23H30N2O2. The van der Waals surface area contributed by atoms with Crippen LogP contribution in [-0.4, -0.2) is 28.3 Å². The van der Waals surface area contributed by atoms with E-state index in [4.69, 9.17) is 9.47 Å². The molecule has 0 aliphatic heterocycles. The van der Waals surface area contributed by atoms with Gasteiger partial charge in [0.15, 0.2) is 0 Å². The van der Waals surface area contributed by atoms with Crippen LogP contribution in [0.2, 0.25) is 0 Å². The summed E-state index contributed by atoms with van der Waals surface area (Å²) >= 11 is 0. The fourth-order valence-corrected chi connectivity index (χ4v) is 2.81. The number of methoxy groups -OCH3 is 2. The quantitative estimate of drug-likeness (QED) is 0.650. The van der Waals surface area contributed by atoms with Gasteiger partial charge in [-0.05, 0) is 46.9 Å². The van der Waals surface area contributed by atoms with E-state index in [2.05, 4.69) is 36.1 Å². The van der Waals surface area contributed by atoms with Gasteiger partial charge in [-0.25, -0.2) is 0 Å². The zero-order valence-electron chi connectivity index (χ0n) is 17.5. The maximum absolute atomic E-state index is 9.29. The Bertz CT molecular complexity index is 795. The lowest BCUT2D eigenvalue weighted by Crippen LogP contribution is -2.11. The molecule has 0 amide bonds. The monoisotopic (exact) mass is 366 g/mol. The van der Waals surface area contributed by atoms with Crippen molar-refractivity contribution < 1.29 is 9.47 Å². The second kappa shape index (κ2) is 10.9. The van der Waals surface area contributed by atoms with Crippen LogP contribution in [0.25, 0.3) is 5.57 Å². The number of hydrogen-bond acceptors (Lipinski definition) is 4. The van der Waals surface area contributed by atoms with Crippen molar-refractivity contribution in [1.29, 1.82) is 5.26 Å². The molecule has 4 nitrogen and oxygen atoms in total. The summed E-state index contributed by atoms with van der Waals surface area (Å²) in [4.78, 5) is 2.10. The van der Waals surface area contributed by atoms with Gasteiger partial charge in [-0.2, -0.15) is 5.26 Å². The molecule has 2 aromatic carbocycles. The van der Waals surface area contributed by atoms with Gasteiger partial charge in [-0.15, -0.1) is 0 Å². The number of allylic oxidation sites excluding steroid dienone is 1. The van der Waals surface area contributed by atoms with Crippen molar-refractivity contribution in [2.24, 2.45) is 0 Å². The molecule has 0 N–H and O–H groups in total. The second-order valence-electron chi connectivity index (χ2n) is 5.88. The number of benzene rings is 2. The van der Waals surface area contributed by atoms with E-state index in [1.807, 2.05) is 46.1 Å². The Morgan fingerprint density at radius 1 is 1.00 bits per heavy atom. The van der Waals surface area contributed by atoms with E-state index in [0.717, 1.165) is 28.8 Å². The average molecular weight is 367 g/mol. The first-order valence-corrected chi connectivity index (χ1v) is 9.17. The highest BCUT2D eigenvalue weighted by Gasteiger charge is 2.12. The van der Waals surface area contributed by atoms with Crippen molar-refractivity contribution >= 4 is 11.3 Å². The molecule has 0 spiro atoms. The fourth-order valence-electron chi connectivity index (χ4n) is 2.81. The molecule has 27 heavy (non-hydrogen) atoms. The molecule has 0 unspecified atom stereocenters. The molecule has 4 heteroatoms. The van der Waals surface area contributed by atoms with Crippen LogP contribution >= 0.6 is 0 Å². The van der Waals surface area contributed by atoms with Crippen LogP contribution in [0.4, 0.5) is 5.69 Å². The minimum atomic E-state index is 0.691. The van der Waals surface area contributed by atoms with Crippen molar-refractivity contribution in [3.8, 4) is 17.6 Å². The van der Waals surface area contributed by atoms with Gasteiger partial charge in [-0.1, -0.05) is 32.9 Å². The predicted octanol–water partition coefficient (Wildman–Crippen LogP) is 5.31. The van der Waals surface area contributed by atoms with Gasteiger partial charge in [-0.3, -0.25) is 0 Å². The van der Waals surface area contributed by atoms with E-state index >= 15 is 0 Å². The Morgan fingerprint density at radius 2 is 1.59 bits per heavy atom. The molecular weight excluding hydrogens is 336 g/mol. The Labute approximate surface area is 163 Å². The first-order valence-electron chi connectivity index (χ1n) is 9.17. The summed E-state index contributed by atoms with van der Waals surface area (Å²) in [6.07, 6.45) is 2.52. The summed E-state index contributed by atoms with van der Waals surface area (Å²) in [5.74, 6) is 1.38. The molecule has 0 aliphatic carbocycles. The molecule has 0 saturated heterocycles. The topological polar surface area (TPSA) is 45.5 Å². The summed E-state index contributed by atoms with van der Waals surface area (Å²) in [5.41, 5.74) is 5.13. The van der Waals surface area contributed by atoms with Crippen LogP contribution in [0.3, 0.4) is 0 Å². The van der Waals surface area contributed by atoms with Gasteiger partial charge in [0.2, 0.25) is 0 Å². The van der Waals surface area contributed by atoms with Crippen molar-refractivity contribution in [1.82, 2.24) is 0 Å². The third-order valence-electron chi connectivity index (χ3n) is 4.13. The van der Waals surface area contributed by atoms with Crippen LogP contribution in [-0.2, 0) is 6.42 Å². The molecule has 0 aliphatic rings. The number of aryl methyl sites for hydroxylation is 1. The van der Waals surface area contributed by atoms with E-state index in [-0.39, 0.29) is 0 Å². The molecule has 0 bridgehead atoms. The second-order valence-corrected chi connectivity index (χ2v) is 5.88. The van der Waals surface area contributed by atoms with Crippen molar-refractivity contribution in [2.45, 2.75) is 27.2 Å². The van der Waals surface area contributed by atoms with Crippen LogP contribution in [0.15, 0.2) is 42.5 Å². The average Bonchev–Trinajstić information content (AvgIpc) is 2.72. The van der Waals surface area contributed by atoms with Gasteiger partial charge < -0.3 is 14.4 Å². The van der Waals surface area contributed by atoms with E-state index in [1.54, 1.807) is 20.3 Å². The number of rotatable bonds is 6. The van der Waals surface area contributed by atoms with E-state index in [9.17, 15) is 5.26 Å². The Hall–Kier alpha value is -2.93. The number of nitrogens with zero attached hydrogens (tertiary/aromatic N) is 2. The third-order valence-corrected chi connectivity index (χ3v) is 4.13. The largest absolute Gasteiger partial charge is 0.497 e. The third kappa shape index (κ3) is 5.52. The van der Waals surface area contributed by atoms with E-state index in [1.165, 1.54) is 5.56 Å². The SMILES string of the molecule is CC.CCc1ccc(/C(=C\C#N)c2cc(OC)cc(OC)c2)cc1N(C)C. The van der Waals surface area contributed by atoms with Crippen molar-refractivity contribution in [3.63, 3.8) is 0 Å². The molecule has 2 aromatic rings. The van der Waals surface area contributed by atoms with Gasteiger partial charge >= 0.3 is 0 Å². The lowest BCUT2D eigenvalue weighted by atomic mass is 9.94. The lowest BCUT2D eigenvalue weighted by molar-refractivity contribution is 0.394. The minimum absolute atomic E-state index is 0.691. The molecule has 144 valence electrons. The molecule has 0 fully saturated rings. The smallest absolute Gasteiger partial charge is 0.123 e. The van der Waals surface area contributed by atoms with E-state index < -0.39 is 0 Å². The molecule has 0 radical (unpaired) electrons. The van der Waals surface area contributed by atoms with Crippen molar-refractivity contribution in [3.05, 3.63) is 59.2 Å². The van der Waals surface area contributed by atoms with Gasteiger partial charge in [0.25, 0.3) is 0 Å². The van der Waals surface area contributed by atoms with E-state index in [0.29, 0.717) is 11.5 Å². The maximum Gasteiger partial charge on any atom is 0.123 e. The van der Waals surface area contributed by atoms with Gasteiger partial charge in [0.1, 0.15) is 11.5 Å². The van der Waals surface area contributed by atoms with Crippen molar-refractivity contribution in [2.75, 3.05) is 33.2 Å². The van der Waals surface area contributed by atoms with Crippen LogP contribution in [0.1, 0.15) is 37.5 Å². The van der Waals surface area contributed by atoms with Crippen LogP contribution in [0.5, 0.6) is 11.5 Å². The summed E-state index contributed by atoms with van der Waals surface area (Å²) in [6.45, 7) is 6.14. The Kier molecular flexibility index (Phi) is 8.95. The lowest BCUT2D eigenvalue weighted by Gasteiger charge is -2.19. The number of nitriles is 1. The molecule has 2 rings (SSSR count). The molecule has 0 atom stereocenters. The predicted molar refractivity (Wildman–Crippen MR) is 114 cm³/mol. The van der Waals surface area contributed by atoms with Crippen LogP contribution < -0.4 is 14.4 Å². The zero-order valence-corrected chi connectivity index (χ0v) is 17.5. The maximum atomic E-state index is 9.29. The molecule has 0 saturated carbocycles. The van der Waals surface area contributed by atoms with Gasteiger partial charge in [0.05, 0.1) is 20.3 Å².